The van der Waals surface area contributed by atoms with Crippen LogP contribution in [0.3, 0.4) is 0 Å². The predicted molar refractivity (Wildman–Crippen MR) is 129 cm³/mol. The van der Waals surface area contributed by atoms with Crippen LogP contribution >= 0.6 is 34.3 Å². The molecule has 0 bridgehead atoms. The predicted octanol–water partition coefficient (Wildman–Crippen LogP) is 6.25. The number of para-hydroxylation sites is 1. The highest BCUT2D eigenvalue weighted by Gasteiger charge is 2.27. The number of carbonyl (C=O) groups is 1. The molecule has 2 aromatic heterocycles. The summed E-state index contributed by atoms with van der Waals surface area (Å²) in [5.41, 5.74) is 2.41. The first-order valence-corrected chi connectivity index (χ1v) is 12.1. The number of benzene rings is 2. The van der Waals surface area contributed by atoms with Crippen molar-refractivity contribution in [2.75, 3.05) is 31.1 Å². The maximum absolute atomic E-state index is 13.1. The van der Waals surface area contributed by atoms with Gasteiger partial charge in [-0.3, -0.25) is 4.79 Å². The largest absolute Gasteiger partial charge is 0.345 e. The number of aromatic nitrogens is 1. The third-order valence-electron chi connectivity index (χ3n) is 5.63. The Bertz CT molecular complexity index is 1240. The summed E-state index contributed by atoms with van der Waals surface area (Å²) < 4.78 is 2.28. The van der Waals surface area contributed by atoms with Gasteiger partial charge in [-0.1, -0.05) is 67.1 Å². The molecule has 7 heteroatoms. The van der Waals surface area contributed by atoms with E-state index in [9.17, 15) is 4.79 Å². The Kier molecular flexibility index (Phi) is 5.17. The van der Waals surface area contributed by atoms with Gasteiger partial charge in [0.2, 0.25) is 0 Å². The number of piperazine rings is 1. The first-order valence-electron chi connectivity index (χ1n) is 10.1. The van der Waals surface area contributed by atoms with Gasteiger partial charge in [0.15, 0.2) is 5.13 Å². The van der Waals surface area contributed by atoms with E-state index >= 15 is 0 Å². The second kappa shape index (κ2) is 7.84. The van der Waals surface area contributed by atoms with Crippen molar-refractivity contribution in [1.29, 1.82) is 0 Å². The number of anilines is 1. The molecule has 154 valence electrons. The zero-order valence-electron chi connectivity index (χ0n) is 16.9. The summed E-state index contributed by atoms with van der Waals surface area (Å²) in [5, 5.41) is 2.59. The van der Waals surface area contributed by atoms with Gasteiger partial charge in [-0.15, -0.1) is 11.3 Å². The molecule has 5 rings (SSSR count). The molecule has 1 fully saturated rings. The molecule has 1 amide bonds. The Morgan fingerprint density at radius 3 is 2.47 bits per heavy atom. The lowest BCUT2D eigenvalue weighted by Gasteiger charge is -2.34. The van der Waals surface area contributed by atoms with Gasteiger partial charge < -0.3 is 9.80 Å². The molecule has 1 aliphatic heterocycles. The van der Waals surface area contributed by atoms with Crippen molar-refractivity contribution in [3.05, 3.63) is 57.9 Å². The molecule has 4 aromatic rings. The van der Waals surface area contributed by atoms with E-state index in [2.05, 4.69) is 36.9 Å². The summed E-state index contributed by atoms with van der Waals surface area (Å²) in [4.78, 5) is 22.9. The fraction of sp³-hybridized carbons (Fsp3) is 0.304. The monoisotopic (exact) mass is 455 g/mol. The van der Waals surface area contributed by atoms with Crippen molar-refractivity contribution in [2.45, 2.75) is 19.8 Å². The normalized spacial score (nSPS) is 14.9. The molecule has 30 heavy (non-hydrogen) atoms. The molecule has 4 nitrogen and oxygen atoms in total. The molecular weight excluding hydrogens is 434 g/mol. The van der Waals surface area contributed by atoms with Crippen LogP contribution in [-0.4, -0.2) is 42.0 Å². The first-order chi connectivity index (χ1) is 14.5. The van der Waals surface area contributed by atoms with Gasteiger partial charge in [0.05, 0.1) is 15.2 Å². The molecule has 1 aliphatic rings. The van der Waals surface area contributed by atoms with Crippen LogP contribution in [-0.2, 0) is 0 Å². The van der Waals surface area contributed by atoms with Crippen LogP contribution in [0.4, 0.5) is 5.13 Å². The number of thiophene rings is 1. The molecule has 3 heterocycles. The number of halogens is 1. The van der Waals surface area contributed by atoms with Crippen LogP contribution < -0.4 is 4.90 Å². The number of thiazole rings is 1. The Labute approximate surface area is 188 Å². The van der Waals surface area contributed by atoms with Crippen molar-refractivity contribution in [3.8, 4) is 0 Å². The van der Waals surface area contributed by atoms with Crippen molar-refractivity contribution >= 4 is 65.6 Å². The second-order valence-corrected chi connectivity index (χ2v) is 10.3. The summed E-state index contributed by atoms with van der Waals surface area (Å²) in [6.45, 7) is 7.33. The minimum Gasteiger partial charge on any atom is -0.345 e. The average molecular weight is 456 g/mol. The quantitative estimate of drug-likeness (QED) is 0.366. The van der Waals surface area contributed by atoms with Gasteiger partial charge in [0.1, 0.15) is 4.88 Å². The van der Waals surface area contributed by atoms with E-state index in [4.69, 9.17) is 16.6 Å². The van der Waals surface area contributed by atoms with Gasteiger partial charge in [-0.05, 0) is 23.6 Å². The fourth-order valence-corrected chi connectivity index (χ4v) is 6.49. The van der Waals surface area contributed by atoms with E-state index in [0.29, 0.717) is 28.9 Å². The number of amides is 1. The van der Waals surface area contributed by atoms with Gasteiger partial charge in [-0.25, -0.2) is 4.98 Å². The Morgan fingerprint density at radius 1 is 1.00 bits per heavy atom. The summed E-state index contributed by atoms with van der Waals surface area (Å²) in [5.74, 6) is 0.483. The molecule has 0 spiro atoms. The number of hydrogen-bond acceptors (Lipinski definition) is 5. The van der Waals surface area contributed by atoms with E-state index in [0.717, 1.165) is 33.8 Å². The highest BCUT2D eigenvalue weighted by atomic mass is 35.5. The first kappa shape index (κ1) is 19.8. The van der Waals surface area contributed by atoms with E-state index in [-0.39, 0.29) is 5.91 Å². The second-order valence-electron chi connectivity index (χ2n) is 7.87. The molecule has 0 atom stereocenters. The topological polar surface area (TPSA) is 36.4 Å². The van der Waals surface area contributed by atoms with Gasteiger partial charge >= 0.3 is 0 Å². The third-order valence-corrected chi connectivity index (χ3v) is 8.37. The van der Waals surface area contributed by atoms with Gasteiger partial charge in [-0.2, -0.15) is 0 Å². The Balaban J connectivity index is 1.34. The third kappa shape index (κ3) is 3.37. The van der Waals surface area contributed by atoms with Crippen LogP contribution in [0.5, 0.6) is 0 Å². The van der Waals surface area contributed by atoms with Crippen molar-refractivity contribution in [3.63, 3.8) is 0 Å². The number of rotatable bonds is 3. The number of fused-ring (bicyclic) bond motifs is 2. The van der Waals surface area contributed by atoms with E-state index in [1.165, 1.54) is 21.6 Å². The zero-order chi connectivity index (χ0) is 20.8. The van der Waals surface area contributed by atoms with E-state index in [1.54, 1.807) is 11.3 Å². The van der Waals surface area contributed by atoms with Crippen LogP contribution in [0.25, 0.3) is 20.3 Å². The minimum absolute atomic E-state index is 0.0345. The average Bonchev–Trinajstić information content (AvgIpc) is 3.35. The van der Waals surface area contributed by atoms with Crippen molar-refractivity contribution in [1.82, 2.24) is 9.88 Å². The summed E-state index contributed by atoms with van der Waals surface area (Å²) in [7, 11) is 0. The standard InChI is InChI=1S/C23H22ClN3OS2/c1-14(2)15-7-5-9-18-20(15)25-23(30-18)27-12-10-26(11-13-27)22(28)21-19(24)16-6-3-4-8-17(16)29-21/h3-9,14H,10-13H2,1-2H3. The van der Waals surface area contributed by atoms with Crippen molar-refractivity contribution < 1.29 is 4.79 Å². The molecule has 1 saturated heterocycles. The number of hydrogen-bond donors (Lipinski definition) is 0. The Morgan fingerprint density at radius 2 is 1.73 bits per heavy atom. The Hall–Kier alpha value is -2.15. The molecule has 2 aromatic carbocycles. The molecule has 0 radical (unpaired) electrons. The summed E-state index contributed by atoms with van der Waals surface area (Å²) in [6.07, 6.45) is 0. The smallest absolute Gasteiger partial charge is 0.265 e. The maximum Gasteiger partial charge on any atom is 0.265 e. The zero-order valence-corrected chi connectivity index (χ0v) is 19.3. The number of carbonyl (C=O) groups excluding carboxylic acids is 1. The van der Waals surface area contributed by atoms with Crippen LogP contribution in [0.2, 0.25) is 5.02 Å². The molecule has 0 unspecified atom stereocenters. The lowest BCUT2D eigenvalue weighted by Crippen LogP contribution is -2.48. The lowest BCUT2D eigenvalue weighted by molar-refractivity contribution is 0.0752. The van der Waals surface area contributed by atoms with Crippen LogP contribution in [0.15, 0.2) is 42.5 Å². The summed E-state index contributed by atoms with van der Waals surface area (Å²) >= 11 is 9.75. The molecule has 0 saturated carbocycles. The van der Waals surface area contributed by atoms with Gasteiger partial charge in [0, 0.05) is 36.3 Å². The summed E-state index contributed by atoms with van der Waals surface area (Å²) in [6, 6.07) is 14.3. The lowest BCUT2D eigenvalue weighted by atomic mass is 10.0. The SMILES string of the molecule is CC(C)c1cccc2sc(N3CCN(C(=O)c4sc5ccccc5c4Cl)CC3)nc12. The number of nitrogens with zero attached hydrogens (tertiary/aromatic N) is 3. The van der Waals surface area contributed by atoms with Crippen LogP contribution in [0, 0.1) is 0 Å². The maximum atomic E-state index is 13.1. The van der Waals surface area contributed by atoms with Crippen LogP contribution in [0.1, 0.15) is 35.0 Å². The molecule has 0 aliphatic carbocycles. The van der Waals surface area contributed by atoms with Gasteiger partial charge in [0.25, 0.3) is 5.91 Å². The molecular formula is C23H22ClN3OS2. The van der Waals surface area contributed by atoms with E-state index < -0.39 is 0 Å². The highest BCUT2D eigenvalue weighted by Crippen LogP contribution is 2.37. The minimum atomic E-state index is 0.0345. The highest BCUT2D eigenvalue weighted by molar-refractivity contribution is 7.22. The van der Waals surface area contributed by atoms with Crippen molar-refractivity contribution in [2.24, 2.45) is 0 Å². The molecule has 0 N–H and O–H groups in total. The fourth-order valence-electron chi connectivity index (χ4n) is 3.96. The van der Waals surface area contributed by atoms with E-state index in [1.807, 2.05) is 29.2 Å².